The molecule has 2 aliphatic rings. The van der Waals surface area contributed by atoms with Crippen LogP contribution < -0.4 is 0 Å². The highest BCUT2D eigenvalue weighted by atomic mass is 14.7. The number of hydrogen-bond acceptors (Lipinski definition) is 1. The van der Waals surface area contributed by atoms with Crippen LogP contribution in [-0.2, 0) is 10.8 Å². The third-order valence-electron chi connectivity index (χ3n) is 11.5. The molecule has 0 atom stereocenters. The van der Waals surface area contributed by atoms with Crippen LogP contribution in [0.5, 0.6) is 0 Å². The van der Waals surface area contributed by atoms with Gasteiger partial charge < -0.3 is 0 Å². The lowest BCUT2D eigenvalue weighted by molar-refractivity contribution is 0.563. The lowest BCUT2D eigenvalue weighted by atomic mass is 9.55. The molecule has 1 heterocycles. The summed E-state index contributed by atoms with van der Waals surface area (Å²) in [6.45, 7) is 4.76. The highest BCUT2D eigenvalue weighted by Gasteiger charge is 2.53. The highest BCUT2D eigenvalue weighted by Crippen LogP contribution is 2.63. The Kier molecular flexibility index (Phi) is 6.82. The molecule has 1 aromatic heterocycles. The SMILES string of the molecule is CC1(C)c2ccccc2C2(c3ccccc3-c3c(-c4cc(-c5ccccc5)nc(-c5cccc(-c6ccccc6)c5)c4)cccc32)c2ccccc21. The van der Waals surface area contributed by atoms with Gasteiger partial charge in [-0.25, -0.2) is 4.98 Å². The lowest BCUT2D eigenvalue weighted by Crippen LogP contribution is -2.40. The standard InChI is InChI=1S/C51H37N/c1-50(2)42-26-11-13-28-44(42)51(45-29-14-12-27-43(45)50)41-25-10-9-23-40(41)49-39(24-16-30-46(49)51)38-32-47(35-19-7-4-8-20-35)52-48(33-38)37-22-15-21-36(31-37)34-17-5-3-6-18-34/h3-33H,1-2H3. The first-order valence-electron chi connectivity index (χ1n) is 18.2. The largest absolute Gasteiger partial charge is 0.248 e. The average Bonchev–Trinajstić information content (AvgIpc) is 3.52. The number of benzene rings is 7. The van der Waals surface area contributed by atoms with Crippen molar-refractivity contribution in [3.8, 4) is 55.9 Å². The molecular weight excluding hydrogens is 627 g/mol. The van der Waals surface area contributed by atoms with Gasteiger partial charge in [0.15, 0.2) is 0 Å². The van der Waals surface area contributed by atoms with Crippen molar-refractivity contribution in [3.05, 3.63) is 221 Å². The quantitative estimate of drug-likeness (QED) is 0.183. The molecule has 1 heteroatoms. The first-order chi connectivity index (χ1) is 25.5. The van der Waals surface area contributed by atoms with Crippen LogP contribution >= 0.6 is 0 Å². The molecule has 52 heavy (non-hydrogen) atoms. The predicted molar refractivity (Wildman–Crippen MR) is 215 cm³/mol. The zero-order valence-corrected chi connectivity index (χ0v) is 29.3. The Morgan fingerprint density at radius 3 is 1.46 bits per heavy atom. The highest BCUT2D eigenvalue weighted by molar-refractivity contribution is 5.97. The molecule has 8 aromatic rings. The Bertz CT molecular complexity index is 2600. The van der Waals surface area contributed by atoms with Crippen LogP contribution in [0.25, 0.3) is 55.9 Å². The van der Waals surface area contributed by atoms with Crippen LogP contribution in [0.2, 0.25) is 0 Å². The molecule has 0 amide bonds. The summed E-state index contributed by atoms with van der Waals surface area (Å²) in [6, 6.07) is 68.9. The van der Waals surface area contributed by atoms with Crippen molar-refractivity contribution in [1.29, 1.82) is 0 Å². The van der Waals surface area contributed by atoms with Crippen molar-refractivity contribution in [2.24, 2.45) is 0 Å². The molecule has 2 aliphatic carbocycles. The maximum Gasteiger partial charge on any atom is 0.0719 e. The minimum atomic E-state index is -0.438. The number of fused-ring (bicyclic) bond motifs is 9. The Balaban J connectivity index is 1.26. The van der Waals surface area contributed by atoms with Gasteiger partial charge in [-0.1, -0.05) is 184 Å². The molecule has 0 fully saturated rings. The molecular formula is C51H37N. The van der Waals surface area contributed by atoms with Crippen molar-refractivity contribution in [3.63, 3.8) is 0 Å². The maximum absolute atomic E-state index is 5.33. The van der Waals surface area contributed by atoms with Crippen LogP contribution in [0.1, 0.15) is 47.2 Å². The smallest absolute Gasteiger partial charge is 0.0719 e. The van der Waals surface area contributed by atoms with Gasteiger partial charge in [0.2, 0.25) is 0 Å². The summed E-state index contributed by atoms with van der Waals surface area (Å²) in [4.78, 5) is 5.33. The minimum Gasteiger partial charge on any atom is -0.248 e. The van der Waals surface area contributed by atoms with E-state index in [2.05, 4.69) is 202 Å². The summed E-state index contributed by atoms with van der Waals surface area (Å²) < 4.78 is 0. The van der Waals surface area contributed by atoms with Crippen molar-refractivity contribution < 1.29 is 0 Å². The third-order valence-corrected chi connectivity index (χ3v) is 11.5. The van der Waals surface area contributed by atoms with Crippen LogP contribution in [0.4, 0.5) is 0 Å². The average molecular weight is 664 g/mol. The first kappa shape index (κ1) is 30.5. The second-order valence-electron chi connectivity index (χ2n) is 14.7. The van der Waals surface area contributed by atoms with Crippen molar-refractivity contribution in [1.82, 2.24) is 4.98 Å². The molecule has 10 rings (SSSR count). The van der Waals surface area contributed by atoms with Gasteiger partial charge >= 0.3 is 0 Å². The second-order valence-corrected chi connectivity index (χ2v) is 14.7. The van der Waals surface area contributed by atoms with E-state index in [1.807, 2.05) is 0 Å². The first-order valence-corrected chi connectivity index (χ1v) is 18.2. The van der Waals surface area contributed by atoms with Crippen molar-refractivity contribution in [2.45, 2.75) is 24.7 Å². The number of pyridine rings is 1. The van der Waals surface area contributed by atoms with E-state index in [9.17, 15) is 0 Å². The van der Waals surface area contributed by atoms with E-state index in [1.165, 1.54) is 61.2 Å². The summed E-state index contributed by atoms with van der Waals surface area (Å²) in [7, 11) is 0. The zero-order chi connectivity index (χ0) is 34.9. The molecule has 246 valence electrons. The fourth-order valence-electron chi connectivity index (χ4n) is 9.23. The topological polar surface area (TPSA) is 12.9 Å². The van der Waals surface area contributed by atoms with Crippen LogP contribution in [0.15, 0.2) is 188 Å². The minimum absolute atomic E-state index is 0.132. The summed E-state index contributed by atoms with van der Waals surface area (Å²) in [6.07, 6.45) is 0. The Hall–Kier alpha value is -6.31. The van der Waals surface area contributed by atoms with Crippen LogP contribution in [0, 0.1) is 0 Å². The predicted octanol–water partition coefficient (Wildman–Crippen LogP) is 12.8. The van der Waals surface area contributed by atoms with E-state index in [1.54, 1.807) is 0 Å². The van der Waals surface area contributed by atoms with Gasteiger partial charge in [0.1, 0.15) is 0 Å². The van der Waals surface area contributed by atoms with Crippen molar-refractivity contribution in [2.75, 3.05) is 0 Å². The molecule has 0 unspecified atom stereocenters. The number of nitrogens with zero attached hydrogens (tertiary/aromatic N) is 1. The second kappa shape index (κ2) is 11.6. The molecule has 1 nitrogen and oxygen atoms in total. The normalized spacial score (nSPS) is 14.3. The van der Waals surface area contributed by atoms with E-state index in [4.69, 9.17) is 4.98 Å². The van der Waals surface area contributed by atoms with Crippen LogP contribution in [-0.4, -0.2) is 4.98 Å². The van der Waals surface area contributed by atoms with E-state index >= 15 is 0 Å². The van der Waals surface area contributed by atoms with Gasteiger partial charge in [-0.15, -0.1) is 0 Å². The van der Waals surface area contributed by atoms with E-state index < -0.39 is 5.41 Å². The zero-order valence-electron chi connectivity index (χ0n) is 29.3. The lowest BCUT2D eigenvalue weighted by Gasteiger charge is -2.46. The van der Waals surface area contributed by atoms with Gasteiger partial charge in [-0.2, -0.15) is 0 Å². The fraction of sp³-hybridized carbons (Fsp3) is 0.0784. The van der Waals surface area contributed by atoms with E-state index in [-0.39, 0.29) is 5.41 Å². The van der Waals surface area contributed by atoms with Gasteiger partial charge in [0, 0.05) is 16.5 Å². The van der Waals surface area contributed by atoms with Gasteiger partial charge in [0.25, 0.3) is 0 Å². The summed E-state index contributed by atoms with van der Waals surface area (Å²) in [5.74, 6) is 0. The third kappa shape index (κ3) is 4.39. The monoisotopic (exact) mass is 663 g/mol. The molecule has 0 radical (unpaired) electrons. The molecule has 0 N–H and O–H groups in total. The molecule has 0 saturated heterocycles. The van der Waals surface area contributed by atoms with E-state index in [0.717, 1.165) is 28.1 Å². The number of aromatic nitrogens is 1. The Morgan fingerprint density at radius 2 is 0.788 bits per heavy atom. The maximum atomic E-state index is 5.33. The fourth-order valence-corrected chi connectivity index (χ4v) is 9.23. The Labute approximate surface area is 305 Å². The number of hydrogen-bond donors (Lipinski definition) is 0. The summed E-state index contributed by atoms with van der Waals surface area (Å²) >= 11 is 0. The van der Waals surface area contributed by atoms with Gasteiger partial charge in [-0.3, -0.25) is 0 Å². The molecule has 0 bridgehead atoms. The Morgan fingerprint density at radius 1 is 0.327 bits per heavy atom. The number of rotatable bonds is 4. The summed E-state index contributed by atoms with van der Waals surface area (Å²) in [5, 5.41) is 0. The van der Waals surface area contributed by atoms with Crippen LogP contribution in [0.3, 0.4) is 0 Å². The molecule has 0 aliphatic heterocycles. The molecule has 1 spiro atoms. The van der Waals surface area contributed by atoms with Gasteiger partial charge in [0.05, 0.1) is 16.8 Å². The van der Waals surface area contributed by atoms with E-state index in [0.29, 0.717) is 0 Å². The molecule has 7 aromatic carbocycles. The molecule has 0 saturated carbocycles. The van der Waals surface area contributed by atoms with Crippen molar-refractivity contribution >= 4 is 0 Å². The van der Waals surface area contributed by atoms with Gasteiger partial charge in [-0.05, 0) is 85.0 Å². The summed E-state index contributed by atoms with van der Waals surface area (Å²) in [5.41, 5.74) is 19.1.